The Kier molecular flexibility index (Phi) is 4.13. The number of thioether (sulfide) groups is 1. The molecule has 0 saturated carbocycles. The van der Waals surface area contributed by atoms with Gasteiger partial charge in [-0.1, -0.05) is 34.1 Å². The van der Waals surface area contributed by atoms with Crippen molar-refractivity contribution in [1.82, 2.24) is 15.2 Å². The van der Waals surface area contributed by atoms with Crippen LogP contribution in [0, 0.1) is 0 Å². The van der Waals surface area contributed by atoms with E-state index in [2.05, 4.69) is 26.6 Å². The quantitative estimate of drug-likeness (QED) is 0.478. The first-order valence-electron chi connectivity index (χ1n) is 7.03. The van der Waals surface area contributed by atoms with E-state index in [-0.39, 0.29) is 0 Å². The molecule has 120 valence electrons. The van der Waals surface area contributed by atoms with Crippen molar-refractivity contribution < 1.29 is 4.42 Å². The highest BCUT2D eigenvalue weighted by Crippen LogP contribution is 2.33. The molecule has 2 aromatic heterocycles. The molecule has 0 bridgehead atoms. The molecule has 24 heavy (non-hydrogen) atoms. The number of rotatable bonds is 4. The number of thiazole rings is 1. The molecular formula is C16H11ClN4OS2. The largest absolute Gasteiger partial charge is 0.403 e. The molecule has 2 aromatic carbocycles. The molecule has 0 radical (unpaired) electrons. The van der Waals surface area contributed by atoms with Gasteiger partial charge in [-0.3, -0.25) is 5.32 Å². The minimum Gasteiger partial charge on any atom is -0.403 e. The second-order valence-electron chi connectivity index (χ2n) is 4.87. The van der Waals surface area contributed by atoms with Crippen molar-refractivity contribution in [2.75, 3.05) is 11.6 Å². The zero-order chi connectivity index (χ0) is 16.5. The maximum absolute atomic E-state index is 5.89. The number of nitrogens with zero attached hydrogens (tertiary/aromatic N) is 3. The molecule has 0 aliphatic heterocycles. The van der Waals surface area contributed by atoms with Crippen LogP contribution in [0.5, 0.6) is 0 Å². The van der Waals surface area contributed by atoms with Crippen LogP contribution in [-0.4, -0.2) is 21.4 Å². The first kappa shape index (κ1) is 15.4. The van der Waals surface area contributed by atoms with Crippen LogP contribution in [0.1, 0.15) is 0 Å². The predicted molar refractivity (Wildman–Crippen MR) is 99.4 cm³/mol. The van der Waals surface area contributed by atoms with E-state index in [0.29, 0.717) is 16.9 Å². The number of anilines is 2. The Morgan fingerprint density at radius 1 is 1.12 bits per heavy atom. The predicted octanol–water partition coefficient (Wildman–Crippen LogP) is 5.47. The van der Waals surface area contributed by atoms with Crippen LogP contribution < -0.4 is 5.32 Å². The van der Waals surface area contributed by atoms with Crippen molar-refractivity contribution in [3.8, 4) is 11.5 Å². The molecule has 0 amide bonds. The van der Waals surface area contributed by atoms with E-state index in [1.165, 1.54) is 0 Å². The summed E-state index contributed by atoms with van der Waals surface area (Å²) < 4.78 is 6.76. The number of para-hydroxylation sites is 1. The molecule has 0 aliphatic carbocycles. The van der Waals surface area contributed by atoms with Gasteiger partial charge >= 0.3 is 6.01 Å². The van der Waals surface area contributed by atoms with E-state index in [1.54, 1.807) is 35.2 Å². The third-order valence-corrected chi connectivity index (χ3v) is 5.29. The zero-order valence-electron chi connectivity index (χ0n) is 12.5. The minimum atomic E-state index is 0.310. The van der Waals surface area contributed by atoms with E-state index >= 15 is 0 Å². The Bertz CT molecular complexity index is 997. The molecule has 8 heteroatoms. The van der Waals surface area contributed by atoms with E-state index in [1.807, 2.05) is 30.5 Å². The minimum absolute atomic E-state index is 0.310. The van der Waals surface area contributed by atoms with Gasteiger partial charge in [-0.15, -0.1) is 16.9 Å². The van der Waals surface area contributed by atoms with Gasteiger partial charge in [-0.05, 0) is 42.7 Å². The number of fused-ring (bicyclic) bond motifs is 1. The highest BCUT2D eigenvalue weighted by atomic mass is 35.5. The number of benzene rings is 2. The van der Waals surface area contributed by atoms with Crippen LogP contribution in [0.15, 0.2) is 51.8 Å². The van der Waals surface area contributed by atoms with Gasteiger partial charge in [0.1, 0.15) is 0 Å². The topological polar surface area (TPSA) is 63.8 Å². The van der Waals surface area contributed by atoms with Crippen molar-refractivity contribution in [3.05, 3.63) is 47.5 Å². The van der Waals surface area contributed by atoms with Crippen molar-refractivity contribution in [3.63, 3.8) is 0 Å². The molecule has 0 unspecified atom stereocenters. The van der Waals surface area contributed by atoms with Gasteiger partial charge in [0.05, 0.1) is 10.2 Å². The fourth-order valence-electron chi connectivity index (χ4n) is 2.22. The summed E-state index contributed by atoms with van der Waals surface area (Å²) in [6.07, 6.45) is 2.04. The standard InChI is InChI=1S/C16H11ClN4OS2/c1-23-11-3-2-4-12-13(11)18-16(24-12)19-15-21-20-14(22-15)9-5-7-10(17)8-6-9/h2-8H,1H3,(H,18,19,21). The monoisotopic (exact) mass is 374 g/mol. The number of hydrogen-bond donors (Lipinski definition) is 1. The lowest BCUT2D eigenvalue weighted by atomic mass is 10.2. The lowest BCUT2D eigenvalue weighted by molar-refractivity contribution is 0.587. The molecule has 2 heterocycles. The fraction of sp³-hybridized carbons (Fsp3) is 0.0625. The first-order valence-corrected chi connectivity index (χ1v) is 9.45. The van der Waals surface area contributed by atoms with Crippen molar-refractivity contribution in [2.24, 2.45) is 0 Å². The van der Waals surface area contributed by atoms with Crippen molar-refractivity contribution in [2.45, 2.75) is 4.90 Å². The molecule has 4 aromatic rings. The molecule has 4 rings (SSSR count). The number of halogens is 1. The summed E-state index contributed by atoms with van der Waals surface area (Å²) in [5.41, 5.74) is 1.80. The lowest BCUT2D eigenvalue weighted by Crippen LogP contribution is -1.88. The van der Waals surface area contributed by atoms with Crippen LogP contribution in [0.4, 0.5) is 11.1 Å². The van der Waals surface area contributed by atoms with Gasteiger partial charge in [-0.25, -0.2) is 4.98 Å². The Morgan fingerprint density at radius 3 is 2.75 bits per heavy atom. The summed E-state index contributed by atoms with van der Waals surface area (Å²) in [5, 5.41) is 12.5. The summed E-state index contributed by atoms with van der Waals surface area (Å²) in [6, 6.07) is 13.7. The van der Waals surface area contributed by atoms with Gasteiger partial charge in [-0.2, -0.15) is 0 Å². The Balaban J connectivity index is 1.61. The van der Waals surface area contributed by atoms with Crippen LogP contribution in [0.2, 0.25) is 5.02 Å². The normalized spacial score (nSPS) is 11.1. The van der Waals surface area contributed by atoms with Crippen LogP contribution in [0.3, 0.4) is 0 Å². The summed E-state index contributed by atoms with van der Waals surface area (Å²) in [6.45, 7) is 0. The molecule has 0 fully saturated rings. The van der Waals surface area contributed by atoms with Crippen molar-refractivity contribution in [1.29, 1.82) is 0 Å². The average molecular weight is 375 g/mol. The van der Waals surface area contributed by atoms with Gasteiger partial charge in [0.2, 0.25) is 5.89 Å². The SMILES string of the molecule is CSc1cccc2sc(Nc3nnc(-c4ccc(Cl)cc4)o3)nc12. The van der Waals surface area contributed by atoms with Gasteiger partial charge < -0.3 is 4.42 Å². The fourth-order valence-corrected chi connectivity index (χ4v) is 3.85. The smallest absolute Gasteiger partial charge is 0.322 e. The average Bonchev–Trinajstić information content (AvgIpc) is 3.22. The summed E-state index contributed by atoms with van der Waals surface area (Å²) in [7, 11) is 0. The Hall–Kier alpha value is -2.09. The third kappa shape index (κ3) is 2.98. The molecule has 5 nitrogen and oxygen atoms in total. The summed E-state index contributed by atoms with van der Waals surface area (Å²) in [4.78, 5) is 5.76. The van der Waals surface area contributed by atoms with Crippen LogP contribution >= 0.6 is 34.7 Å². The highest BCUT2D eigenvalue weighted by molar-refractivity contribution is 7.98. The molecule has 0 saturated heterocycles. The van der Waals surface area contributed by atoms with Gasteiger partial charge in [0.25, 0.3) is 0 Å². The van der Waals surface area contributed by atoms with Crippen molar-refractivity contribution >= 4 is 56.1 Å². The van der Waals surface area contributed by atoms with Gasteiger partial charge in [0, 0.05) is 15.5 Å². The molecule has 0 aliphatic rings. The lowest BCUT2D eigenvalue weighted by Gasteiger charge is -1.96. The zero-order valence-corrected chi connectivity index (χ0v) is 14.9. The summed E-state index contributed by atoms with van der Waals surface area (Å²) in [5.74, 6) is 0.431. The Morgan fingerprint density at radius 2 is 1.96 bits per heavy atom. The van der Waals surface area contributed by atoms with E-state index < -0.39 is 0 Å². The molecule has 0 spiro atoms. The molecule has 1 N–H and O–H groups in total. The molecular weight excluding hydrogens is 364 g/mol. The summed E-state index contributed by atoms with van der Waals surface area (Å²) >= 11 is 9.11. The van der Waals surface area contributed by atoms with Crippen LogP contribution in [0.25, 0.3) is 21.7 Å². The Labute approximate surface area is 151 Å². The van der Waals surface area contributed by atoms with Gasteiger partial charge in [0.15, 0.2) is 5.13 Å². The van der Waals surface area contributed by atoms with Crippen LogP contribution in [-0.2, 0) is 0 Å². The van der Waals surface area contributed by atoms with E-state index in [9.17, 15) is 0 Å². The second-order valence-corrected chi connectivity index (χ2v) is 7.19. The van der Waals surface area contributed by atoms with E-state index in [0.717, 1.165) is 25.8 Å². The number of aromatic nitrogens is 3. The maximum atomic E-state index is 5.89. The maximum Gasteiger partial charge on any atom is 0.322 e. The number of hydrogen-bond acceptors (Lipinski definition) is 7. The third-order valence-electron chi connectivity index (χ3n) is 3.33. The molecule has 0 atom stereocenters. The van der Waals surface area contributed by atoms with E-state index in [4.69, 9.17) is 16.0 Å². The number of nitrogens with one attached hydrogen (secondary N) is 1. The first-order chi connectivity index (χ1) is 11.7. The second kappa shape index (κ2) is 6.43. The highest BCUT2D eigenvalue weighted by Gasteiger charge is 2.12.